The lowest BCUT2D eigenvalue weighted by Crippen LogP contribution is -2.02. The van der Waals surface area contributed by atoms with E-state index >= 15 is 0 Å². The molecule has 0 aliphatic rings. The molecule has 0 saturated carbocycles. The first-order chi connectivity index (χ1) is 8.61. The number of carbonyl (C=O) groups is 1. The van der Waals surface area contributed by atoms with E-state index in [1.165, 1.54) is 51.4 Å². The molecule has 0 aliphatic carbocycles. The first-order valence-corrected chi connectivity index (χ1v) is 7.51. The van der Waals surface area contributed by atoms with Crippen LogP contribution < -0.4 is 0 Å². The Morgan fingerprint density at radius 1 is 1.06 bits per heavy atom. The van der Waals surface area contributed by atoms with Crippen molar-refractivity contribution in [3.8, 4) is 0 Å². The normalized spacial score (nSPS) is 13.6. The number of hydrogen-bond acceptors (Lipinski definition) is 1. The van der Waals surface area contributed by atoms with E-state index in [2.05, 4.69) is 13.8 Å². The summed E-state index contributed by atoms with van der Waals surface area (Å²) < 4.78 is 0. The smallest absolute Gasteiger partial charge is 0.330 e. The highest BCUT2D eigenvalue weighted by atomic mass is 16.4. The average Bonchev–Trinajstić information content (AvgIpc) is 2.36. The predicted molar refractivity (Wildman–Crippen MR) is 77.8 cm³/mol. The van der Waals surface area contributed by atoms with Crippen LogP contribution in [0.25, 0.3) is 0 Å². The van der Waals surface area contributed by atoms with Crippen molar-refractivity contribution < 1.29 is 9.90 Å². The molecule has 0 aliphatic heterocycles. The second-order valence-corrected chi connectivity index (χ2v) is 5.29. The zero-order chi connectivity index (χ0) is 13.8. The van der Waals surface area contributed by atoms with Gasteiger partial charge in [-0.15, -0.1) is 0 Å². The Morgan fingerprint density at radius 3 is 2.22 bits per heavy atom. The maximum atomic E-state index is 10.8. The molecule has 18 heavy (non-hydrogen) atoms. The van der Waals surface area contributed by atoms with Crippen molar-refractivity contribution in [2.75, 3.05) is 0 Å². The van der Waals surface area contributed by atoms with Crippen LogP contribution in [0.3, 0.4) is 0 Å². The number of unbranched alkanes of at least 4 members (excludes halogenated alkanes) is 4. The topological polar surface area (TPSA) is 37.3 Å². The van der Waals surface area contributed by atoms with E-state index in [1.807, 2.05) is 6.08 Å². The van der Waals surface area contributed by atoms with E-state index < -0.39 is 5.97 Å². The molecular formula is C16H30O2. The molecule has 1 unspecified atom stereocenters. The minimum absolute atomic E-state index is 0.491. The van der Waals surface area contributed by atoms with Crippen molar-refractivity contribution in [3.63, 3.8) is 0 Å². The van der Waals surface area contributed by atoms with Crippen LogP contribution in [0.15, 0.2) is 11.6 Å². The van der Waals surface area contributed by atoms with Gasteiger partial charge in [0.2, 0.25) is 0 Å². The minimum Gasteiger partial charge on any atom is -0.478 e. The van der Waals surface area contributed by atoms with Gasteiger partial charge in [0.25, 0.3) is 0 Å². The van der Waals surface area contributed by atoms with Crippen molar-refractivity contribution in [3.05, 3.63) is 11.6 Å². The van der Waals surface area contributed by atoms with Crippen molar-refractivity contribution in [1.29, 1.82) is 0 Å². The summed E-state index contributed by atoms with van der Waals surface area (Å²) >= 11 is 0. The Kier molecular flexibility index (Phi) is 10.8. The van der Waals surface area contributed by atoms with Gasteiger partial charge in [0.05, 0.1) is 0 Å². The van der Waals surface area contributed by atoms with E-state index in [-0.39, 0.29) is 0 Å². The molecule has 0 aromatic rings. The number of carboxylic acid groups (broad SMARTS) is 1. The lowest BCUT2D eigenvalue weighted by Gasteiger charge is -2.14. The maximum absolute atomic E-state index is 10.8. The van der Waals surface area contributed by atoms with E-state index in [0.29, 0.717) is 11.5 Å². The van der Waals surface area contributed by atoms with Gasteiger partial charge in [-0.25, -0.2) is 4.79 Å². The van der Waals surface area contributed by atoms with E-state index in [0.717, 1.165) is 6.42 Å². The third kappa shape index (κ3) is 9.26. The standard InChI is InChI=1S/C16H30O2/c1-4-6-8-9-11-15(10-7-5-2)13-12-14(3)16(17)18/h12,15H,4-11,13H2,1-3H3,(H,17,18). The summed E-state index contributed by atoms with van der Waals surface area (Å²) in [6.07, 6.45) is 13.0. The molecular weight excluding hydrogens is 224 g/mol. The molecule has 0 heterocycles. The summed E-state index contributed by atoms with van der Waals surface area (Å²) in [6, 6.07) is 0. The van der Waals surface area contributed by atoms with Gasteiger partial charge in [0.1, 0.15) is 0 Å². The fourth-order valence-corrected chi connectivity index (χ4v) is 2.16. The van der Waals surface area contributed by atoms with Crippen LogP contribution in [0.4, 0.5) is 0 Å². The van der Waals surface area contributed by atoms with Crippen LogP contribution in [0.2, 0.25) is 0 Å². The Balaban J connectivity index is 4.05. The van der Waals surface area contributed by atoms with Crippen molar-refractivity contribution in [2.45, 2.75) is 78.6 Å². The van der Waals surface area contributed by atoms with Crippen molar-refractivity contribution >= 4 is 5.97 Å². The Morgan fingerprint density at radius 2 is 1.67 bits per heavy atom. The summed E-state index contributed by atoms with van der Waals surface area (Å²) in [5, 5.41) is 8.85. The second-order valence-electron chi connectivity index (χ2n) is 5.29. The van der Waals surface area contributed by atoms with Gasteiger partial charge in [-0.1, -0.05) is 71.3 Å². The first kappa shape index (κ1) is 17.2. The molecule has 2 nitrogen and oxygen atoms in total. The second kappa shape index (κ2) is 11.3. The molecule has 0 radical (unpaired) electrons. The van der Waals surface area contributed by atoms with E-state index in [9.17, 15) is 4.79 Å². The molecule has 1 atom stereocenters. The van der Waals surface area contributed by atoms with Crippen LogP contribution in [-0.2, 0) is 4.79 Å². The zero-order valence-corrected chi connectivity index (χ0v) is 12.4. The highest BCUT2D eigenvalue weighted by Crippen LogP contribution is 2.21. The van der Waals surface area contributed by atoms with Gasteiger partial charge < -0.3 is 5.11 Å². The third-order valence-electron chi connectivity index (χ3n) is 3.53. The summed E-state index contributed by atoms with van der Waals surface area (Å²) in [4.78, 5) is 10.8. The number of carboxylic acids is 1. The summed E-state index contributed by atoms with van der Waals surface area (Å²) in [5.41, 5.74) is 0.491. The van der Waals surface area contributed by atoms with Gasteiger partial charge in [-0.3, -0.25) is 0 Å². The largest absolute Gasteiger partial charge is 0.478 e. The Bertz CT molecular complexity index is 243. The summed E-state index contributed by atoms with van der Waals surface area (Å²) in [5.74, 6) is -0.105. The van der Waals surface area contributed by atoms with Gasteiger partial charge in [-0.2, -0.15) is 0 Å². The molecule has 0 rings (SSSR count). The molecule has 0 amide bonds. The molecule has 0 bridgehead atoms. The lowest BCUT2D eigenvalue weighted by atomic mass is 9.91. The fraction of sp³-hybridized carbons (Fsp3) is 0.812. The minimum atomic E-state index is -0.782. The number of hydrogen-bond donors (Lipinski definition) is 1. The van der Waals surface area contributed by atoms with Crippen LogP contribution >= 0.6 is 0 Å². The Hall–Kier alpha value is -0.790. The van der Waals surface area contributed by atoms with E-state index in [4.69, 9.17) is 5.11 Å². The first-order valence-electron chi connectivity index (χ1n) is 7.51. The van der Waals surface area contributed by atoms with Crippen LogP contribution in [0, 0.1) is 5.92 Å². The van der Waals surface area contributed by atoms with Gasteiger partial charge in [-0.05, 0) is 19.3 Å². The van der Waals surface area contributed by atoms with Gasteiger partial charge >= 0.3 is 5.97 Å². The molecule has 0 aromatic carbocycles. The number of aliphatic carboxylic acids is 1. The lowest BCUT2D eigenvalue weighted by molar-refractivity contribution is -0.132. The quantitative estimate of drug-likeness (QED) is 0.407. The highest BCUT2D eigenvalue weighted by molar-refractivity contribution is 5.85. The summed E-state index contributed by atoms with van der Waals surface area (Å²) in [7, 11) is 0. The zero-order valence-electron chi connectivity index (χ0n) is 12.4. The number of rotatable bonds is 11. The number of allylic oxidation sites excluding steroid dienone is 1. The van der Waals surface area contributed by atoms with Crippen molar-refractivity contribution in [1.82, 2.24) is 0 Å². The summed E-state index contributed by atoms with van der Waals surface area (Å²) in [6.45, 7) is 6.14. The average molecular weight is 254 g/mol. The molecule has 0 aromatic heterocycles. The third-order valence-corrected chi connectivity index (χ3v) is 3.53. The van der Waals surface area contributed by atoms with Crippen LogP contribution in [-0.4, -0.2) is 11.1 Å². The van der Waals surface area contributed by atoms with Crippen molar-refractivity contribution in [2.24, 2.45) is 5.92 Å². The molecule has 0 spiro atoms. The fourth-order valence-electron chi connectivity index (χ4n) is 2.16. The molecule has 1 N–H and O–H groups in total. The Labute approximate surface area is 112 Å². The SMILES string of the molecule is CCCCCCC(CC=C(C)C(=O)O)CCCC. The van der Waals surface area contributed by atoms with E-state index in [1.54, 1.807) is 6.92 Å². The van der Waals surface area contributed by atoms with Crippen LogP contribution in [0.1, 0.15) is 78.6 Å². The molecule has 106 valence electrons. The van der Waals surface area contributed by atoms with Gasteiger partial charge in [0, 0.05) is 5.57 Å². The van der Waals surface area contributed by atoms with Crippen LogP contribution in [0.5, 0.6) is 0 Å². The highest BCUT2D eigenvalue weighted by Gasteiger charge is 2.08. The monoisotopic (exact) mass is 254 g/mol. The maximum Gasteiger partial charge on any atom is 0.330 e. The predicted octanol–water partition coefficient (Wildman–Crippen LogP) is 5.18. The molecule has 2 heteroatoms. The molecule has 0 saturated heterocycles. The van der Waals surface area contributed by atoms with Gasteiger partial charge in [0.15, 0.2) is 0 Å². The molecule has 0 fully saturated rings.